The SMILES string of the molecule is COC(=O)/C=C(/Nc1c(O)ccc2ccccc12)C(=O)OC. The van der Waals surface area contributed by atoms with E-state index in [1.54, 1.807) is 18.2 Å². The fraction of sp³-hybridized carbons (Fsp3) is 0.125. The van der Waals surface area contributed by atoms with Crippen LogP contribution in [0.25, 0.3) is 10.8 Å². The zero-order chi connectivity index (χ0) is 16.1. The number of rotatable bonds is 4. The topological polar surface area (TPSA) is 84.9 Å². The molecule has 0 aliphatic carbocycles. The molecule has 0 saturated heterocycles. The third-order valence-electron chi connectivity index (χ3n) is 3.04. The van der Waals surface area contributed by atoms with Gasteiger partial charge in [-0.05, 0) is 11.5 Å². The average Bonchev–Trinajstić information content (AvgIpc) is 2.55. The monoisotopic (exact) mass is 301 g/mol. The summed E-state index contributed by atoms with van der Waals surface area (Å²) in [5, 5.41) is 14.3. The maximum Gasteiger partial charge on any atom is 0.354 e. The summed E-state index contributed by atoms with van der Waals surface area (Å²) >= 11 is 0. The Balaban J connectivity index is 2.51. The number of phenols is 1. The highest BCUT2D eigenvalue weighted by Gasteiger charge is 2.16. The van der Waals surface area contributed by atoms with Gasteiger partial charge in [-0.25, -0.2) is 9.59 Å². The van der Waals surface area contributed by atoms with E-state index in [0.717, 1.165) is 11.5 Å². The van der Waals surface area contributed by atoms with Gasteiger partial charge in [0.05, 0.1) is 26.0 Å². The van der Waals surface area contributed by atoms with Crippen molar-refractivity contribution < 1.29 is 24.2 Å². The molecule has 0 amide bonds. The van der Waals surface area contributed by atoms with Gasteiger partial charge in [0.2, 0.25) is 0 Å². The number of aromatic hydroxyl groups is 1. The van der Waals surface area contributed by atoms with Gasteiger partial charge < -0.3 is 19.9 Å². The summed E-state index contributed by atoms with van der Waals surface area (Å²) in [4.78, 5) is 23.1. The molecule has 0 radical (unpaired) electrons. The maximum atomic E-state index is 11.8. The highest BCUT2D eigenvalue weighted by Crippen LogP contribution is 2.33. The van der Waals surface area contributed by atoms with Crippen molar-refractivity contribution >= 4 is 28.4 Å². The van der Waals surface area contributed by atoms with E-state index in [1.807, 2.05) is 12.1 Å². The first-order valence-corrected chi connectivity index (χ1v) is 6.42. The predicted molar refractivity (Wildman–Crippen MR) is 81.4 cm³/mol. The lowest BCUT2D eigenvalue weighted by atomic mass is 10.1. The van der Waals surface area contributed by atoms with Crippen LogP contribution >= 0.6 is 0 Å². The van der Waals surface area contributed by atoms with Crippen molar-refractivity contribution in [2.24, 2.45) is 0 Å². The Kier molecular flexibility index (Phi) is 4.63. The smallest absolute Gasteiger partial charge is 0.354 e. The molecule has 6 nitrogen and oxygen atoms in total. The lowest BCUT2D eigenvalue weighted by Gasteiger charge is -2.13. The van der Waals surface area contributed by atoms with E-state index in [9.17, 15) is 14.7 Å². The van der Waals surface area contributed by atoms with Crippen LogP contribution in [-0.2, 0) is 19.1 Å². The minimum absolute atomic E-state index is 0.0571. The normalized spacial score (nSPS) is 11.1. The Morgan fingerprint density at radius 1 is 1.09 bits per heavy atom. The number of carbonyl (C=O) groups is 2. The van der Waals surface area contributed by atoms with Crippen LogP contribution in [0.15, 0.2) is 48.2 Å². The van der Waals surface area contributed by atoms with Crippen LogP contribution < -0.4 is 5.32 Å². The van der Waals surface area contributed by atoms with Gasteiger partial charge in [-0.15, -0.1) is 0 Å². The number of methoxy groups -OCH3 is 2. The van der Waals surface area contributed by atoms with E-state index in [2.05, 4.69) is 14.8 Å². The lowest BCUT2D eigenvalue weighted by molar-refractivity contribution is -0.138. The van der Waals surface area contributed by atoms with E-state index >= 15 is 0 Å². The van der Waals surface area contributed by atoms with Crippen LogP contribution in [0.5, 0.6) is 5.75 Å². The number of ether oxygens (including phenoxy) is 2. The van der Waals surface area contributed by atoms with E-state index in [4.69, 9.17) is 0 Å². The molecule has 114 valence electrons. The van der Waals surface area contributed by atoms with Crippen molar-refractivity contribution in [1.29, 1.82) is 0 Å². The number of carbonyl (C=O) groups excluding carboxylic acids is 2. The van der Waals surface area contributed by atoms with Crippen LogP contribution in [0.1, 0.15) is 0 Å². The molecular weight excluding hydrogens is 286 g/mol. The van der Waals surface area contributed by atoms with Gasteiger partial charge in [0, 0.05) is 5.39 Å². The van der Waals surface area contributed by atoms with Crippen LogP contribution in [0, 0.1) is 0 Å². The van der Waals surface area contributed by atoms with Crippen molar-refractivity contribution in [3.8, 4) is 5.75 Å². The molecule has 22 heavy (non-hydrogen) atoms. The summed E-state index contributed by atoms with van der Waals surface area (Å²) in [5.74, 6) is -1.52. The maximum absolute atomic E-state index is 11.8. The first-order chi connectivity index (χ1) is 10.6. The molecule has 0 saturated carbocycles. The van der Waals surface area contributed by atoms with Crippen LogP contribution in [0.4, 0.5) is 5.69 Å². The number of benzene rings is 2. The minimum atomic E-state index is -0.752. The molecule has 0 aliphatic heterocycles. The van der Waals surface area contributed by atoms with E-state index in [1.165, 1.54) is 20.3 Å². The molecule has 0 aliphatic rings. The standard InChI is InChI=1S/C16H15NO5/c1-21-14(19)9-12(16(20)22-2)17-15-11-6-4-3-5-10(11)7-8-13(15)18/h3-9,17-18H,1-2H3/b12-9+. The van der Waals surface area contributed by atoms with Gasteiger partial charge in [-0.2, -0.15) is 0 Å². The molecule has 0 heterocycles. The van der Waals surface area contributed by atoms with E-state index in [0.29, 0.717) is 11.1 Å². The number of phenolic OH excluding ortho intramolecular Hbond substituents is 1. The Bertz CT molecular complexity index is 751. The van der Waals surface area contributed by atoms with E-state index < -0.39 is 11.9 Å². The van der Waals surface area contributed by atoms with Gasteiger partial charge >= 0.3 is 11.9 Å². The van der Waals surface area contributed by atoms with Gasteiger partial charge in [0.15, 0.2) is 0 Å². The lowest BCUT2D eigenvalue weighted by Crippen LogP contribution is -2.15. The van der Waals surface area contributed by atoms with Crippen LogP contribution in [0.2, 0.25) is 0 Å². The van der Waals surface area contributed by atoms with Gasteiger partial charge in [-0.3, -0.25) is 0 Å². The second-order valence-corrected chi connectivity index (χ2v) is 4.38. The molecule has 2 N–H and O–H groups in total. The number of fused-ring (bicyclic) bond motifs is 1. The second kappa shape index (κ2) is 6.62. The second-order valence-electron chi connectivity index (χ2n) is 4.38. The molecule has 0 aromatic heterocycles. The zero-order valence-electron chi connectivity index (χ0n) is 12.1. The number of nitrogens with one attached hydrogen (secondary N) is 1. The highest BCUT2D eigenvalue weighted by atomic mass is 16.5. The van der Waals surface area contributed by atoms with Crippen molar-refractivity contribution in [2.75, 3.05) is 19.5 Å². The Morgan fingerprint density at radius 2 is 1.82 bits per heavy atom. The molecule has 0 atom stereocenters. The van der Waals surface area contributed by atoms with E-state index in [-0.39, 0.29) is 11.4 Å². The minimum Gasteiger partial charge on any atom is -0.506 e. The molecule has 0 bridgehead atoms. The predicted octanol–water partition coefficient (Wildman–Crippen LogP) is 2.19. The largest absolute Gasteiger partial charge is 0.506 e. The third kappa shape index (κ3) is 3.17. The third-order valence-corrected chi connectivity index (χ3v) is 3.04. The summed E-state index contributed by atoms with van der Waals surface area (Å²) in [6, 6.07) is 10.5. The molecule has 2 aromatic rings. The summed E-state index contributed by atoms with van der Waals surface area (Å²) in [5.41, 5.74) is 0.166. The molecule has 0 spiro atoms. The van der Waals surface area contributed by atoms with Gasteiger partial charge in [0.25, 0.3) is 0 Å². The Hall–Kier alpha value is -3.02. The Morgan fingerprint density at radius 3 is 2.50 bits per heavy atom. The highest BCUT2D eigenvalue weighted by molar-refractivity contribution is 6.03. The van der Waals surface area contributed by atoms with Crippen LogP contribution in [0.3, 0.4) is 0 Å². The quantitative estimate of drug-likeness (QED) is 0.511. The number of anilines is 1. The first-order valence-electron chi connectivity index (χ1n) is 6.42. The fourth-order valence-corrected chi connectivity index (χ4v) is 1.96. The Labute approximate surface area is 127 Å². The van der Waals surface area contributed by atoms with Crippen molar-refractivity contribution in [3.63, 3.8) is 0 Å². The first kappa shape index (κ1) is 15.4. The van der Waals surface area contributed by atoms with Crippen LogP contribution in [-0.4, -0.2) is 31.3 Å². The molecule has 0 fully saturated rings. The zero-order valence-corrected chi connectivity index (χ0v) is 12.1. The molecule has 0 unspecified atom stereocenters. The summed E-state index contributed by atoms with van der Waals surface area (Å²) in [6.07, 6.45) is 0.965. The molecular formula is C16H15NO5. The van der Waals surface area contributed by atoms with Gasteiger partial charge in [-0.1, -0.05) is 30.3 Å². The molecule has 2 rings (SSSR count). The number of hydrogen-bond donors (Lipinski definition) is 2. The van der Waals surface area contributed by atoms with Crippen molar-refractivity contribution in [3.05, 3.63) is 48.2 Å². The summed E-state index contributed by atoms with van der Waals surface area (Å²) in [6.45, 7) is 0. The molecule has 6 heteroatoms. The number of hydrogen-bond acceptors (Lipinski definition) is 6. The molecule has 2 aromatic carbocycles. The summed E-state index contributed by atoms with van der Waals surface area (Å²) in [7, 11) is 2.39. The average molecular weight is 301 g/mol. The van der Waals surface area contributed by atoms with Crippen molar-refractivity contribution in [1.82, 2.24) is 0 Å². The number of esters is 2. The van der Waals surface area contributed by atoms with Gasteiger partial charge in [0.1, 0.15) is 11.4 Å². The fourth-order valence-electron chi connectivity index (χ4n) is 1.96. The summed E-state index contributed by atoms with van der Waals surface area (Å²) < 4.78 is 9.13. The van der Waals surface area contributed by atoms with Crippen molar-refractivity contribution in [2.45, 2.75) is 0 Å².